The number of amides is 1. The second-order valence-electron chi connectivity index (χ2n) is 4.69. The lowest BCUT2D eigenvalue weighted by molar-refractivity contribution is -0.138. The number of benzene rings is 1. The molecule has 1 saturated heterocycles. The smallest absolute Gasteiger partial charge is 0.305 e. The van der Waals surface area contributed by atoms with Gasteiger partial charge in [-0.15, -0.1) is 5.10 Å². The summed E-state index contributed by atoms with van der Waals surface area (Å²) >= 11 is 1.08. The molecule has 1 unspecified atom stereocenters. The maximum absolute atomic E-state index is 11.5. The van der Waals surface area contributed by atoms with E-state index in [1.807, 2.05) is 32.0 Å². The molecule has 1 aliphatic heterocycles. The fourth-order valence-corrected chi connectivity index (χ4v) is 2.65. The van der Waals surface area contributed by atoms with Gasteiger partial charge in [-0.05, 0) is 30.5 Å². The Kier molecular flexibility index (Phi) is 4.74. The molecular weight excluding hydrogens is 290 g/mol. The first kappa shape index (κ1) is 15.2. The van der Waals surface area contributed by atoms with Gasteiger partial charge >= 0.3 is 5.97 Å². The van der Waals surface area contributed by atoms with Gasteiger partial charge in [0.2, 0.25) is 5.91 Å². The van der Waals surface area contributed by atoms with Crippen molar-refractivity contribution in [2.45, 2.75) is 25.5 Å². The number of carbonyl (C=O) groups excluding carboxylic acids is 1. The first-order valence-corrected chi connectivity index (χ1v) is 7.21. The third-order valence-corrected chi connectivity index (χ3v) is 4.10. The van der Waals surface area contributed by atoms with Crippen LogP contribution in [0.5, 0.6) is 0 Å². The van der Waals surface area contributed by atoms with Crippen molar-refractivity contribution < 1.29 is 14.7 Å². The van der Waals surface area contributed by atoms with E-state index in [4.69, 9.17) is 5.11 Å². The Hall–Kier alpha value is -2.15. The highest BCUT2D eigenvalue weighted by Gasteiger charge is 2.32. The van der Waals surface area contributed by atoms with E-state index in [0.29, 0.717) is 5.17 Å². The van der Waals surface area contributed by atoms with Crippen LogP contribution in [0.2, 0.25) is 0 Å². The minimum Gasteiger partial charge on any atom is -0.481 e. The van der Waals surface area contributed by atoms with Crippen molar-refractivity contribution in [1.82, 2.24) is 5.32 Å². The summed E-state index contributed by atoms with van der Waals surface area (Å²) in [5.41, 5.74) is 3.28. The Labute approximate surface area is 126 Å². The highest BCUT2D eigenvalue weighted by atomic mass is 32.2. The molecule has 0 aliphatic carbocycles. The van der Waals surface area contributed by atoms with Crippen LogP contribution >= 0.6 is 11.8 Å². The largest absolute Gasteiger partial charge is 0.481 e. The average molecular weight is 305 g/mol. The predicted octanol–water partition coefficient (Wildman–Crippen LogP) is 1.70. The number of carbonyl (C=O) groups is 2. The van der Waals surface area contributed by atoms with Crippen molar-refractivity contribution in [2.75, 3.05) is 0 Å². The molecule has 0 saturated carbocycles. The molecule has 0 radical (unpaired) electrons. The molecule has 1 heterocycles. The van der Waals surface area contributed by atoms with Crippen LogP contribution < -0.4 is 5.32 Å². The number of amidine groups is 1. The number of nitrogens with zero attached hydrogens (tertiary/aromatic N) is 2. The zero-order valence-electron chi connectivity index (χ0n) is 11.7. The Bertz CT molecular complexity index is 640. The van der Waals surface area contributed by atoms with Gasteiger partial charge in [0.1, 0.15) is 5.25 Å². The molecule has 1 fully saturated rings. The van der Waals surface area contributed by atoms with Crippen LogP contribution in [0.1, 0.15) is 23.1 Å². The Morgan fingerprint density at radius 3 is 2.86 bits per heavy atom. The van der Waals surface area contributed by atoms with Gasteiger partial charge < -0.3 is 10.4 Å². The molecular formula is C14H15N3O3S. The average Bonchev–Trinajstić information content (AvgIpc) is 2.73. The van der Waals surface area contributed by atoms with Crippen molar-refractivity contribution >= 4 is 35.0 Å². The zero-order valence-corrected chi connectivity index (χ0v) is 12.5. The van der Waals surface area contributed by atoms with Gasteiger partial charge in [-0.2, -0.15) is 5.10 Å². The zero-order chi connectivity index (χ0) is 15.4. The molecule has 0 bridgehead atoms. The van der Waals surface area contributed by atoms with Crippen LogP contribution in [0.15, 0.2) is 28.4 Å². The molecule has 110 valence electrons. The number of aryl methyl sites for hydroxylation is 2. The molecule has 1 aliphatic rings. The molecule has 21 heavy (non-hydrogen) atoms. The van der Waals surface area contributed by atoms with Gasteiger partial charge in [-0.25, -0.2) is 0 Å². The van der Waals surface area contributed by atoms with Gasteiger partial charge in [0.05, 0.1) is 12.6 Å². The highest BCUT2D eigenvalue weighted by molar-refractivity contribution is 8.15. The summed E-state index contributed by atoms with van der Waals surface area (Å²) in [4.78, 5) is 22.1. The minimum absolute atomic E-state index is 0.226. The van der Waals surface area contributed by atoms with Crippen LogP contribution in [0.3, 0.4) is 0 Å². The first-order valence-electron chi connectivity index (χ1n) is 6.33. The lowest BCUT2D eigenvalue weighted by Gasteiger charge is -1.99. The van der Waals surface area contributed by atoms with Crippen molar-refractivity contribution in [3.63, 3.8) is 0 Å². The summed E-state index contributed by atoms with van der Waals surface area (Å²) in [6.07, 6.45) is 1.37. The van der Waals surface area contributed by atoms with Crippen molar-refractivity contribution in [3.8, 4) is 0 Å². The van der Waals surface area contributed by atoms with Crippen molar-refractivity contribution in [3.05, 3.63) is 34.9 Å². The normalized spacial score (nSPS) is 20.2. The number of carboxylic acids is 1. The van der Waals surface area contributed by atoms with E-state index in [2.05, 4.69) is 15.5 Å². The number of rotatable bonds is 4. The van der Waals surface area contributed by atoms with Gasteiger partial charge in [0.25, 0.3) is 0 Å². The number of hydrogen-bond acceptors (Lipinski definition) is 5. The SMILES string of the molecule is Cc1ccc(C=NN=C2NC(=O)C(CC(=O)O)S2)cc1C. The fraction of sp³-hybridized carbons (Fsp3) is 0.286. The molecule has 7 heteroatoms. The standard InChI is InChI=1S/C14H15N3O3S/c1-8-3-4-10(5-9(8)2)7-15-17-14-16-13(20)11(21-14)6-12(18)19/h3-5,7,11H,6H2,1-2H3,(H,18,19)(H,16,17,20). The summed E-state index contributed by atoms with van der Waals surface area (Å²) in [7, 11) is 0. The van der Waals surface area contributed by atoms with Gasteiger partial charge in [-0.3, -0.25) is 9.59 Å². The van der Waals surface area contributed by atoms with E-state index in [-0.39, 0.29) is 12.3 Å². The van der Waals surface area contributed by atoms with Crippen LogP contribution in [0, 0.1) is 13.8 Å². The quantitative estimate of drug-likeness (QED) is 0.654. The number of aliphatic carboxylic acids is 1. The van der Waals surface area contributed by atoms with E-state index in [1.165, 1.54) is 5.56 Å². The second kappa shape index (κ2) is 6.53. The van der Waals surface area contributed by atoms with Crippen LogP contribution in [-0.2, 0) is 9.59 Å². The molecule has 6 nitrogen and oxygen atoms in total. The second-order valence-corrected chi connectivity index (χ2v) is 5.88. The van der Waals surface area contributed by atoms with Crippen LogP contribution in [0.4, 0.5) is 0 Å². The van der Waals surface area contributed by atoms with E-state index in [9.17, 15) is 9.59 Å². The highest BCUT2D eigenvalue weighted by Crippen LogP contribution is 2.22. The molecule has 1 atom stereocenters. The summed E-state index contributed by atoms with van der Waals surface area (Å²) in [5, 5.41) is 18.7. The number of hydrogen-bond donors (Lipinski definition) is 2. The maximum atomic E-state index is 11.5. The van der Waals surface area contributed by atoms with Crippen molar-refractivity contribution in [1.29, 1.82) is 0 Å². The molecule has 2 rings (SSSR count). The summed E-state index contributed by atoms with van der Waals surface area (Å²) < 4.78 is 0. The monoisotopic (exact) mass is 305 g/mol. The molecule has 1 aromatic rings. The Morgan fingerprint density at radius 2 is 2.19 bits per heavy atom. The molecule has 0 aromatic heterocycles. The molecule has 1 aromatic carbocycles. The topological polar surface area (TPSA) is 91.1 Å². The van der Waals surface area contributed by atoms with Crippen LogP contribution in [0.25, 0.3) is 0 Å². The molecule has 2 N–H and O–H groups in total. The summed E-state index contributed by atoms with van der Waals surface area (Å²) in [6, 6.07) is 5.92. The van der Waals surface area contributed by atoms with Gasteiger partial charge in [-0.1, -0.05) is 30.0 Å². The van der Waals surface area contributed by atoms with Crippen molar-refractivity contribution in [2.24, 2.45) is 10.2 Å². The minimum atomic E-state index is -1.01. The van der Waals surface area contributed by atoms with E-state index < -0.39 is 11.2 Å². The summed E-state index contributed by atoms with van der Waals surface area (Å²) in [6.45, 7) is 4.05. The third kappa shape index (κ3) is 4.16. The Morgan fingerprint density at radius 1 is 1.43 bits per heavy atom. The van der Waals surface area contributed by atoms with E-state index >= 15 is 0 Å². The van der Waals surface area contributed by atoms with Crippen LogP contribution in [-0.4, -0.2) is 33.6 Å². The third-order valence-electron chi connectivity index (χ3n) is 3.02. The number of carboxylic acid groups (broad SMARTS) is 1. The van der Waals surface area contributed by atoms with E-state index in [0.717, 1.165) is 22.9 Å². The number of thioether (sulfide) groups is 1. The molecule has 1 amide bonds. The molecule has 0 spiro atoms. The lowest BCUT2D eigenvalue weighted by atomic mass is 10.1. The van der Waals surface area contributed by atoms with E-state index in [1.54, 1.807) is 6.21 Å². The Balaban J connectivity index is 2.01. The maximum Gasteiger partial charge on any atom is 0.305 e. The first-order chi connectivity index (χ1) is 9.95. The summed E-state index contributed by atoms with van der Waals surface area (Å²) in [5.74, 6) is -1.36. The van der Waals surface area contributed by atoms with Gasteiger partial charge in [0, 0.05) is 0 Å². The fourth-order valence-electron chi connectivity index (χ4n) is 1.74. The predicted molar refractivity (Wildman–Crippen MR) is 82.7 cm³/mol. The van der Waals surface area contributed by atoms with Gasteiger partial charge in [0.15, 0.2) is 5.17 Å². The number of nitrogens with one attached hydrogen (secondary N) is 1. The lowest BCUT2D eigenvalue weighted by Crippen LogP contribution is -2.26.